The van der Waals surface area contributed by atoms with Gasteiger partial charge in [0.25, 0.3) is 5.56 Å². The molecule has 0 saturated heterocycles. The highest BCUT2D eigenvalue weighted by Gasteiger charge is 2.24. The third kappa shape index (κ3) is 6.21. The quantitative estimate of drug-likeness (QED) is 0.516. The first-order valence-corrected chi connectivity index (χ1v) is 11.0. The summed E-state index contributed by atoms with van der Waals surface area (Å²) in [6, 6.07) is 7.24. The predicted molar refractivity (Wildman–Crippen MR) is 126 cm³/mol. The van der Waals surface area contributed by atoms with Crippen LogP contribution in [0.3, 0.4) is 0 Å². The molecule has 1 atom stereocenters. The second kappa shape index (κ2) is 11.2. The van der Waals surface area contributed by atoms with Crippen LogP contribution in [0.1, 0.15) is 52.1 Å². The Morgan fingerprint density at radius 2 is 1.94 bits per heavy atom. The standard InChI is InChI=1S/C22H32ClN5O3/c1-5-6-11-27(18(29)12-25-15(4)16-9-7-8-10-17(16)23)19-20(24)28(13-14(2)3)22(31)26-21(19)30/h7-10,14-15,25H,5-6,11-13,24H2,1-4H3,(H,26,30,31)/t15-/m0/s1. The Kier molecular flexibility index (Phi) is 8.88. The molecule has 2 aromatic rings. The highest BCUT2D eigenvalue weighted by molar-refractivity contribution is 6.31. The number of hydrogen-bond acceptors (Lipinski definition) is 5. The van der Waals surface area contributed by atoms with E-state index in [1.807, 2.05) is 45.9 Å². The monoisotopic (exact) mass is 449 g/mol. The largest absolute Gasteiger partial charge is 0.383 e. The fourth-order valence-corrected chi connectivity index (χ4v) is 3.63. The van der Waals surface area contributed by atoms with Crippen LogP contribution in [0, 0.1) is 5.92 Å². The van der Waals surface area contributed by atoms with Crippen molar-refractivity contribution in [2.75, 3.05) is 23.7 Å². The summed E-state index contributed by atoms with van der Waals surface area (Å²) in [5.41, 5.74) is 5.88. The van der Waals surface area contributed by atoms with Crippen LogP contribution in [0.4, 0.5) is 11.5 Å². The molecule has 1 aromatic carbocycles. The average molecular weight is 450 g/mol. The van der Waals surface area contributed by atoms with Gasteiger partial charge in [-0.1, -0.05) is 57.0 Å². The molecule has 170 valence electrons. The second-order valence-electron chi connectivity index (χ2n) is 8.02. The van der Waals surface area contributed by atoms with Gasteiger partial charge < -0.3 is 16.0 Å². The van der Waals surface area contributed by atoms with Gasteiger partial charge in [-0.15, -0.1) is 0 Å². The van der Waals surface area contributed by atoms with Gasteiger partial charge in [0.1, 0.15) is 5.82 Å². The number of halogens is 1. The van der Waals surface area contributed by atoms with Gasteiger partial charge in [0.2, 0.25) is 5.91 Å². The summed E-state index contributed by atoms with van der Waals surface area (Å²) < 4.78 is 1.31. The SMILES string of the molecule is CCCCN(C(=O)CN[C@@H](C)c1ccccc1Cl)c1c(N)n(CC(C)C)c(=O)[nH]c1=O. The van der Waals surface area contributed by atoms with Crippen molar-refractivity contribution in [2.24, 2.45) is 5.92 Å². The number of nitrogens with two attached hydrogens (primary N) is 1. The van der Waals surface area contributed by atoms with Gasteiger partial charge in [0.15, 0.2) is 5.69 Å². The van der Waals surface area contributed by atoms with Crippen LogP contribution in [0.2, 0.25) is 5.02 Å². The lowest BCUT2D eigenvalue weighted by Gasteiger charge is -2.26. The number of aromatic nitrogens is 2. The van der Waals surface area contributed by atoms with Crippen LogP contribution >= 0.6 is 11.6 Å². The Hall–Kier alpha value is -2.58. The van der Waals surface area contributed by atoms with E-state index in [4.69, 9.17) is 17.3 Å². The lowest BCUT2D eigenvalue weighted by Crippen LogP contribution is -2.45. The number of carbonyl (C=O) groups excluding carboxylic acids is 1. The van der Waals surface area contributed by atoms with E-state index in [2.05, 4.69) is 10.3 Å². The van der Waals surface area contributed by atoms with Crippen LogP contribution in [0.5, 0.6) is 0 Å². The number of nitrogens with zero attached hydrogens (tertiary/aromatic N) is 2. The first-order chi connectivity index (χ1) is 14.7. The van der Waals surface area contributed by atoms with Gasteiger partial charge in [-0.25, -0.2) is 4.79 Å². The first kappa shape index (κ1) is 24.7. The summed E-state index contributed by atoms with van der Waals surface area (Å²) >= 11 is 6.25. The number of rotatable bonds is 10. The van der Waals surface area contributed by atoms with Gasteiger partial charge in [-0.05, 0) is 30.9 Å². The van der Waals surface area contributed by atoms with Crippen LogP contribution in [-0.4, -0.2) is 28.5 Å². The average Bonchev–Trinajstić information content (AvgIpc) is 2.71. The van der Waals surface area contributed by atoms with Crippen molar-refractivity contribution in [3.63, 3.8) is 0 Å². The van der Waals surface area contributed by atoms with Gasteiger partial charge in [0.05, 0.1) is 6.54 Å². The molecule has 1 heterocycles. The number of amides is 1. The van der Waals surface area contributed by atoms with Gasteiger partial charge in [-0.2, -0.15) is 0 Å². The minimum absolute atomic E-state index is 0.00561. The zero-order valence-electron chi connectivity index (χ0n) is 18.6. The Labute approximate surface area is 187 Å². The topological polar surface area (TPSA) is 113 Å². The molecule has 0 aliphatic carbocycles. The van der Waals surface area contributed by atoms with E-state index in [-0.39, 0.29) is 35.9 Å². The normalized spacial score (nSPS) is 12.2. The molecule has 0 spiro atoms. The van der Waals surface area contributed by atoms with Crippen molar-refractivity contribution in [2.45, 2.75) is 53.1 Å². The zero-order valence-corrected chi connectivity index (χ0v) is 19.3. The van der Waals surface area contributed by atoms with E-state index in [9.17, 15) is 14.4 Å². The molecule has 8 nitrogen and oxygen atoms in total. The molecule has 0 fully saturated rings. The number of carbonyl (C=O) groups is 1. The molecular formula is C22H32ClN5O3. The van der Waals surface area contributed by atoms with Gasteiger partial charge in [0, 0.05) is 24.2 Å². The number of hydrogen-bond donors (Lipinski definition) is 3. The van der Waals surface area contributed by atoms with Crippen LogP contribution in [0.25, 0.3) is 0 Å². The number of unbranched alkanes of at least 4 members (excludes halogenated alkanes) is 1. The highest BCUT2D eigenvalue weighted by atomic mass is 35.5. The third-order valence-electron chi connectivity index (χ3n) is 5.00. The number of aromatic amines is 1. The molecule has 0 aliphatic rings. The summed E-state index contributed by atoms with van der Waals surface area (Å²) in [7, 11) is 0. The Morgan fingerprint density at radius 3 is 2.55 bits per heavy atom. The number of benzene rings is 1. The lowest BCUT2D eigenvalue weighted by atomic mass is 10.1. The minimum Gasteiger partial charge on any atom is -0.383 e. The Balaban J connectivity index is 2.33. The van der Waals surface area contributed by atoms with Crippen LogP contribution in [-0.2, 0) is 11.3 Å². The summed E-state index contributed by atoms with van der Waals surface area (Å²) in [4.78, 5) is 41.7. The fraction of sp³-hybridized carbons (Fsp3) is 0.500. The van der Waals surface area contributed by atoms with Gasteiger partial charge in [-0.3, -0.25) is 19.1 Å². The summed E-state index contributed by atoms with van der Waals surface area (Å²) in [6.45, 7) is 8.44. The third-order valence-corrected chi connectivity index (χ3v) is 5.34. The van der Waals surface area contributed by atoms with E-state index in [0.717, 1.165) is 12.0 Å². The molecule has 0 unspecified atom stereocenters. The van der Waals surface area contributed by atoms with E-state index in [0.29, 0.717) is 24.5 Å². The molecule has 1 amide bonds. The van der Waals surface area contributed by atoms with Crippen molar-refractivity contribution >= 4 is 29.0 Å². The predicted octanol–water partition coefficient (Wildman–Crippen LogP) is 2.91. The van der Waals surface area contributed by atoms with Gasteiger partial charge >= 0.3 is 5.69 Å². The molecule has 0 saturated carbocycles. The van der Waals surface area contributed by atoms with Crippen molar-refractivity contribution < 1.29 is 4.79 Å². The number of nitrogen functional groups attached to an aromatic ring is 1. The van der Waals surface area contributed by atoms with E-state index in [1.54, 1.807) is 6.07 Å². The van der Waals surface area contributed by atoms with E-state index >= 15 is 0 Å². The Bertz CT molecular complexity index is 1010. The first-order valence-electron chi connectivity index (χ1n) is 10.6. The molecule has 0 radical (unpaired) electrons. The molecule has 1 aromatic heterocycles. The molecule has 4 N–H and O–H groups in total. The molecule has 9 heteroatoms. The number of anilines is 2. The molecule has 0 bridgehead atoms. The maximum absolute atomic E-state index is 13.1. The lowest BCUT2D eigenvalue weighted by molar-refractivity contribution is -0.118. The van der Waals surface area contributed by atoms with Crippen LogP contribution in [0.15, 0.2) is 33.9 Å². The molecule has 31 heavy (non-hydrogen) atoms. The zero-order chi connectivity index (χ0) is 23.1. The Morgan fingerprint density at radius 1 is 1.26 bits per heavy atom. The van der Waals surface area contributed by atoms with Crippen molar-refractivity contribution in [1.29, 1.82) is 0 Å². The van der Waals surface area contributed by atoms with Crippen molar-refractivity contribution in [3.8, 4) is 0 Å². The number of nitrogens with one attached hydrogen (secondary N) is 2. The maximum Gasteiger partial charge on any atom is 0.330 e. The molecular weight excluding hydrogens is 418 g/mol. The summed E-state index contributed by atoms with van der Waals surface area (Å²) in [6.07, 6.45) is 1.52. The molecule has 2 rings (SSSR count). The highest BCUT2D eigenvalue weighted by Crippen LogP contribution is 2.22. The molecule has 0 aliphatic heterocycles. The maximum atomic E-state index is 13.1. The summed E-state index contributed by atoms with van der Waals surface area (Å²) in [5.74, 6) is -0.165. The number of H-pyrrole nitrogens is 1. The fourth-order valence-electron chi connectivity index (χ4n) is 3.33. The summed E-state index contributed by atoms with van der Waals surface area (Å²) in [5, 5.41) is 3.78. The minimum atomic E-state index is -0.661. The van der Waals surface area contributed by atoms with Crippen molar-refractivity contribution in [3.05, 3.63) is 55.7 Å². The van der Waals surface area contributed by atoms with Crippen LogP contribution < -0.4 is 27.2 Å². The van der Waals surface area contributed by atoms with Crippen molar-refractivity contribution in [1.82, 2.24) is 14.9 Å². The smallest absolute Gasteiger partial charge is 0.330 e. The second-order valence-corrected chi connectivity index (χ2v) is 8.43. The van der Waals surface area contributed by atoms with E-state index < -0.39 is 11.2 Å². The van der Waals surface area contributed by atoms with E-state index in [1.165, 1.54) is 9.47 Å².